The van der Waals surface area contributed by atoms with Gasteiger partial charge in [-0.25, -0.2) is 9.97 Å². The van der Waals surface area contributed by atoms with E-state index >= 15 is 0 Å². The van der Waals surface area contributed by atoms with Crippen molar-refractivity contribution < 1.29 is 0 Å². The molecule has 2 rings (SSSR count). The fraction of sp³-hybridized carbons (Fsp3) is 0.375. The number of aryl methyl sites for hydroxylation is 1. The highest BCUT2D eigenvalue weighted by atomic mass is 32.2. The van der Waals surface area contributed by atoms with Gasteiger partial charge in [0.2, 0.25) is 0 Å². The molecule has 20 heavy (non-hydrogen) atoms. The van der Waals surface area contributed by atoms with Crippen molar-refractivity contribution in [1.82, 2.24) is 15.3 Å². The van der Waals surface area contributed by atoms with Crippen molar-refractivity contribution in [2.75, 3.05) is 6.54 Å². The summed E-state index contributed by atoms with van der Waals surface area (Å²) >= 11 is 1.79. The van der Waals surface area contributed by atoms with E-state index in [9.17, 15) is 0 Å². The average molecular weight is 287 g/mol. The summed E-state index contributed by atoms with van der Waals surface area (Å²) in [5.74, 6) is 1.71. The number of nitrogens with zero attached hydrogens (tertiary/aromatic N) is 2. The number of thioether (sulfide) groups is 1. The zero-order valence-corrected chi connectivity index (χ0v) is 12.9. The summed E-state index contributed by atoms with van der Waals surface area (Å²) in [6, 6.07) is 10.4. The molecule has 0 fully saturated rings. The van der Waals surface area contributed by atoms with E-state index in [4.69, 9.17) is 0 Å². The first kappa shape index (κ1) is 15.0. The number of rotatable bonds is 7. The van der Waals surface area contributed by atoms with Gasteiger partial charge < -0.3 is 5.32 Å². The van der Waals surface area contributed by atoms with Crippen LogP contribution in [0.1, 0.15) is 30.4 Å². The van der Waals surface area contributed by atoms with E-state index in [1.165, 1.54) is 10.5 Å². The lowest BCUT2D eigenvalue weighted by atomic mass is 10.2. The summed E-state index contributed by atoms with van der Waals surface area (Å²) in [5.41, 5.74) is 2.37. The third kappa shape index (κ3) is 4.62. The third-order valence-corrected chi connectivity index (χ3v) is 4.12. The Hall–Kier alpha value is -1.39. The van der Waals surface area contributed by atoms with Crippen LogP contribution in [0.4, 0.5) is 0 Å². The Kier molecular flexibility index (Phi) is 6.02. The zero-order chi connectivity index (χ0) is 14.2. The molecular formula is C16H21N3S. The number of nitrogens with one attached hydrogen (secondary N) is 1. The first-order valence-corrected chi connectivity index (χ1v) is 7.98. The molecule has 0 aliphatic carbocycles. The first-order valence-electron chi connectivity index (χ1n) is 6.99. The molecule has 0 bridgehead atoms. The first-order chi connectivity index (χ1) is 9.79. The molecule has 0 spiro atoms. The number of aromatic nitrogens is 2. The molecule has 0 saturated heterocycles. The fourth-order valence-electron chi connectivity index (χ4n) is 1.86. The summed E-state index contributed by atoms with van der Waals surface area (Å²) in [4.78, 5) is 10.2. The van der Waals surface area contributed by atoms with Crippen LogP contribution in [-0.4, -0.2) is 16.5 Å². The number of hydrogen-bond donors (Lipinski definition) is 1. The summed E-state index contributed by atoms with van der Waals surface area (Å²) in [6.45, 7) is 6.14. The van der Waals surface area contributed by atoms with Crippen molar-refractivity contribution in [2.45, 2.75) is 37.5 Å². The lowest BCUT2D eigenvalue weighted by Crippen LogP contribution is -2.15. The summed E-state index contributed by atoms with van der Waals surface area (Å²) in [7, 11) is 0. The minimum Gasteiger partial charge on any atom is -0.311 e. The van der Waals surface area contributed by atoms with E-state index < -0.39 is 0 Å². The molecule has 0 amide bonds. The van der Waals surface area contributed by atoms with Crippen LogP contribution in [0, 0.1) is 6.92 Å². The van der Waals surface area contributed by atoms with Gasteiger partial charge in [0.1, 0.15) is 5.82 Å². The van der Waals surface area contributed by atoms with Crippen molar-refractivity contribution in [3.05, 3.63) is 53.6 Å². The van der Waals surface area contributed by atoms with Gasteiger partial charge in [-0.2, -0.15) is 0 Å². The highest BCUT2D eigenvalue weighted by Gasteiger charge is 2.02. The monoisotopic (exact) mass is 287 g/mol. The van der Waals surface area contributed by atoms with Gasteiger partial charge in [-0.3, -0.25) is 0 Å². The van der Waals surface area contributed by atoms with Crippen molar-refractivity contribution >= 4 is 11.8 Å². The molecule has 106 valence electrons. The van der Waals surface area contributed by atoms with Crippen molar-refractivity contribution in [3.8, 4) is 0 Å². The maximum atomic E-state index is 4.59. The van der Waals surface area contributed by atoms with Gasteiger partial charge in [0.05, 0.1) is 11.4 Å². The van der Waals surface area contributed by atoms with E-state index in [0.717, 1.165) is 36.8 Å². The maximum absolute atomic E-state index is 4.59. The standard InChI is InChI=1S/C16H21N3S/c1-3-9-17-11-14-8-10-18-16(19-14)12-20-15-7-5-4-6-13(15)2/h4-8,10,17H,3,9,11-12H2,1-2H3. The molecule has 1 N–H and O–H groups in total. The Morgan fingerprint density at radius 1 is 1.20 bits per heavy atom. The largest absolute Gasteiger partial charge is 0.311 e. The second kappa shape index (κ2) is 8.02. The Labute approximate surface area is 125 Å². The van der Waals surface area contributed by atoms with Crippen LogP contribution in [0.15, 0.2) is 41.4 Å². The van der Waals surface area contributed by atoms with Gasteiger partial charge in [0.25, 0.3) is 0 Å². The van der Waals surface area contributed by atoms with E-state index in [1.807, 2.05) is 12.3 Å². The average Bonchev–Trinajstić information content (AvgIpc) is 2.47. The van der Waals surface area contributed by atoms with Crippen molar-refractivity contribution in [3.63, 3.8) is 0 Å². The molecule has 0 aliphatic rings. The Bertz CT molecular complexity index is 543. The van der Waals surface area contributed by atoms with Crippen LogP contribution in [0.5, 0.6) is 0 Å². The summed E-state index contributed by atoms with van der Waals surface area (Å²) in [6.07, 6.45) is 2.99. The molecule has 0 atom stereocenters. The van der Waals surface area contributed by atoms with E-state index in [1.54, 1.807) is 11.8 Å². The van der Waals surface area contributed by atoms with E-state index in [0.29, 0.717) is 0 Å². The van der Waals surface area contributed by atoms with Crippen LogP contribution in [-0.2, 0) is 12.3 Å². The quantitative estimate of drug-likeness (QED) is 0.624. The van der Waals surface area contributed by atoms with Gasteiger partial charge >= 0.3 is 0 Å². The molecule has 2 aromatic rings. The van der Waals surface area contributed by atoms with Crippen molar-refractivity contribution in [1.29, 1.82) is 0 Å². The highest BCUT2D eigenvalue weighted by molar-refractivity contribution is 7.98. The molecule has 4 heteroatoms. The molecule has 1 heterocycles. The molecule has 0 radical (unpaired) electrons. The lowest BCUT2D eigenvalue weighted by Gasteiger charge is -2.06. The zero-order valence-electron chi connectivity index (χ0n) is 12.1. The molecule has 1 aromatic heterocycles. The van der Waals surface area contributed by atoms with Gasteiger partial charge in [0, 0.05) is 17.6 Å². The molecule has 3 nitrogen and oxygen atoms in total. The summed E-state index contributed by atoms with van der Waals surface area (Å²) in [5, 5.41) is 3.36. The minimum absolute atomic E-state index is 0.812. The second-order valence-corrected chi connectivity index (χ2v) is 5.71. The van der Waals surface area contributed by atoms with Crippen LogP contribution in [0.3, 0.4) is 0 Å². The van der Waals surface area contributed by atoms with Crippen LogP contribution in [0.2, 0.25) is 0 Å². The Morgan fingerprint density at radius 3 is 2.85 bits per heavy atom. The molecule has 1 aromatic carbocycles. The van der Waals surface area contributed by atoms with Gasteiger partial charge in [0.15, 0.2) is 0 Å². The predicted octanol–water partition coefficient (Wildman–Crippen LogP) is 3.58. The van der Waals surface area contributed by atoms with Crippen LogP contribution >= 0.6 is 11.8 Å². The van der Waals surface area contributed by atoms with Crippen LogP contribution < -0.4 is 5.32 Å². The topological polar surface area (TPSA) is 37.8 Å². The molecule has 0 aliphatic heterocycles. The summed E-state index contributed by atoms with van der Waals surface area (Å²) < 4.78 is 0. The van der Waals surface area contributed by atoms with Crippen LogP contribution in [0.25, 0.3) is 0 Å². The predicted molar refractivity (Wildman–Crippen MR) is 84.8 cm³/mol. The van der Waals surface area contributed by atoms with Gasteiger partial charge in [-0.15, -0.1) is 11.8 Å². The van der Waals surface area contributed by atoms with Gasteiger partial charge in [-0.05, 0) is 37.6 Å². The molecule has 0 saturated carbocycles. The minimum atomic E-state index is 0.812. The SMILES string of the molecule is CCCNCc1ccnc(CSc2ccccc2C)n1. The smallest absolute Gasteiger partial charge is 0.138 e. The number of hydrogen-bond acceptors (Lipinski definition) is 4. The van der Waals surface area contributed by atoms with E-state index in [2.05, 4.69) is 53.4 Å². The lowest BCUT2D eigenvalue weighted by molar-refractivity contribution is 0.660. The fourth-order valence-corrected chi connectivity index (χ4v) is 2.76. The number of benzene rings is 1. The normalized spacial score (nSPS) is 10.7. The third-order valence-electron chi connectivity index (χ3n) is 2.95. The van der Waals surface area contributed by atoms with E-state index in [-0.39, 0.29) is 0 Å². The molecular weight excluding hydrogens is 266 g/mol. The Morgan fingerprint density at radius 2 is 2.05 bits per heavy atom. The molecule has 0 unspecified atom stereocenters. The van der Waals surface area contributed by atoms with Crippen molar-refractivity contribution in [2.24, 2.45) is 0 Å². The van der Waals surface area contributed by atoms with Gasteiger partial charge in [-0.1, -0.05) is 25.1 Å². The Balaban J connectivity index is 1.93. The maximum Gasteiger partial charge on any atom is 0.138 e. The second-order valence-electron chi connectivity index (χ2n) is 4.70. The highest BCUT2D eigenvalue weighted by Crippen LogP contribution is 2.24.